The molecular formula is C32H33F3N8O3S. The lowest BCUT2D eigenvalue weighted by molar-refractivity contribution is 0.228. The maximum absolute atomic E-state index is 13.5. The van der Waals surface area contributed by atoms with E-state index in [1.54, 1.807) is 24.9 Å². The largest absolute Gasteiger partial charge is 0.484 e. The Labute approximate surface area is 269 Å². The van der Waals surface area contributed by atoms with Gasteiger partial charge in [-0.1, -0.05) is 18.2 Å². The van der Waals surface area contributed by atoms with Crippen LogP contribution in [0.1, 0.15) is 50.3 Å². The number of alkyl halides is 2. The molecule has 15 heteroatoms. The summed E-state index contributed by atoms with van der Waals surface area (Å²) >= 11 is 0. The van der Waals surface area contributed by atoms with Crippen molar-refractivity contribution in [3.8, 4) is 28.1 Å². The fraction of sp³-hybridized carbons (Fsp3) is 0.344. The van der Waals surface area contributed by atoms with E-state index in [1.165, 1.54) is 55.3 Å². The lowest BCUT2D eigenvalue weighted by Gasteiger charge is -2.30. The van der Waals surface area contributed by atoms with E-state index in [0.29, 0.717) is 33.8 Å². The third-order valence-electron chi connectivity index (χ3n) is 9.02. The minimum Gasteiger partial charge on any atom is -0.484 e. The van der Waals surface area contributed by atoms with Crippen LogP contribution < -0.4 is 20.5 Å². The summed E-state index contributed by atoms with van der Waals surface area (Å²) in [6.45, 7) is 2.62. The lowest BCUT2D eigenvalue weighted by atomic mass is 9.97. The van der Waals surface area contributed by atoms with Crippen LogP contribution in [0.2, 0.25) is 0 Å². The van der Waals surface area contributed by atoms with Crippen LogP contribution in [0.25, 0.3) is 33.3 Å². The van der Waals surface area contributed by atoms with Crippen molar-refractivity contribution < 1.29 is 26.3 Å². The van der Waals surface area contributed by atoms with E-state index in [9.17, 15) is 21.6 Å². The standard InChI is InChI=1S/C32H33F3N8O3S/c1-18(19-3-6-22(33)7-4-19)46-26-13-20(5-8-25(26)41-47(44,45)31(34)35)28-27-29(42(2)40-28)24(16-37-30(27)36)21-15-39-43(17-21)23-9-12-38-32(14-23)10-11-32/h3-8,13,15-18,23,31,38,41H,9-12,14H2,1-2H3,(H2,36,37)/t18-,23?/m0/s1. The Hall–Kier alpha value is -4.63. The smallest absolute Gasteiger partial charge is 0.355 e. The van der Waals surface area contributed by atoms with Gasteiger partial charge in [-0.15, -0.1) is 0 Å². The molecule has 246 valence electrons. The number of benzene rings is 2. The summed E-state index contributed by atoms with van der Waals surface area (Å²) in [5.41, 5.74) is 10.3. The number of hydrogen-bond donors (Lipinski definition) is 3. The Morgan fingerprint density at radius 2 is 1.89 bits per heavy atom. The van der Waals surface area contributed by atoms with Crippen LogP contribution >= 0.6 is 0 Å². The third kappa shape index (κ3) is 5.89. The van der Waals surface area contributed by atoms with Crippen molar-refractivity contribution in [2.24, 2.45) is 7.05 Å². The maximum Gasteiger partial charge on any atom is 0.355 e. The molecule has 1 saturated heterocycles. The first-order valence-corrected chi connectivity index (χ1v) is 16.7. The molecule has 2 atom stereocenters. The van der Waals surface area contributed by atoms with E-state index in [4.69, 9.17) is 20.7 Å². The lowest BCUT2D eigenvalue weighted by Crippen LogP contribution is -2.40. The number of aryl methyl sites for hydroxylation is 1. The second kappa shape index (κ2) is 11.6. The number of anilines is 2. The first-order chi connectivity index (χ1) is 22.4. The normalized spacial score (nSPS) is 18.1. The number of nitrogens with one attached hydrogen (secondary N) is 2. The minimum atomic E-state index is -5.01. The van der Waals surface area contributed by atoms with Crippen molar-refractivity contribution in [2.75, 3.05) is 17.0 Å². The zero-order chi connectivity index (χ0) is 33.1. The van der Waals surface area contributed by atoms with Crippen LogP contribution in [-0.2, 0) is 17.1 Å². The fourth-order valence-electron chi connectivity index (χ4n) is 6.35. The molecule has 1 spiro atoms. The van der Waals surface area contributed by atoms with Gasteiger partial charge in [0.2, 0.25) is 0 Å². The first kappa shape index (κ1) is 31.0. The van der Waals surface area contributed by atoms with Gasteiger partial charge in [0.25, 0.3) is 10.0 Å². The highest BCUT2D eigenvalue weighted by Gasteiger charge is 2.46. The molecule has 4 heterocycles. The van der Waals surface area contributed by atoms with Crippen LogP contribution in [-0.4, -0.2) is 50.8 Å². The number of nitrogen functional groups attached to an aromatic ring is 1. The molecule has 3 aromatic heterocycles. The third-order valence-corrected chi connectivity index (χ3v) is 9.99. The van der Waals surface area contributed by atoms with Gasteiger partial charge in [-0.3, -0.25) is 14.1 Å². The number of aromatic nitrogens is 5. The number of sulfonamides is 1. The fourth-order valence-corrected chi connectivity index (χ4v) is 6.92. The van der Waals surface area contributed by atoms with Gasteiger partial charge in [-0.05, 0) is 69.0 Å². The van der Waals surface area contributed by atoms with E-state index < -0.39 is 27.7 Å². The molecule has 2 aliphatic rings. The summed E-state index contributed by atoms with van der Waals surface area (Å²) in [5, 5.41) is 13.7. The Balaban J connectivity index is 1.28. The number of halogens is 3. The average molecular weight is 667 g/mol. The summed E-state index contributed by atoms with van der Waals surface area (Å²) in [5.74, 6) is -3.92. The molecule has 1 aliphatic carbocycles. The van der Waals surface area contributed by atoms with E-state index >= 15 is 0 Å². The summed E-state index contributed by atoms with van der Waals surface area (Å²) in [6, 6.07) is 10.2. The molecule has 2 fully saturated rings. The van der Waals surface area contributed by atoms with Crippen molar-refractivity contribution in [1.29, 1.82) is 0 Å². The molecular weight excluding hydrogens is 633 g/mol. The minimum absolute atomic E-state index is 0.0401. The summed E-state index contributed by atoms with van der Waals surface area (Å²) < 4.78 is 76.1. The van der Waals surface area contributed by atoms with Gasteiger partial charge < -0.3 is 15.8 Å². The highest BCUT2D eigenvalue weighted by Crippen LogP contribution is 2.46. The van der Waals surface area contributed by atoms with Gasteiger partial charge in [0.05, 0.1) is 28.8 Å². The summed E-state index contributed by atoms with van der Waals surface area (Å²) in [6.07, 6.45) is 9.23. The van der Waals surface area contributed by atoms with Crippen molar-refractivity contribution in [3.63, 3.8) is 0 Å². The number of hydrogen-bond acceptors (Lipinski definition) is 8. The first-order valence-electron chi connectivity index (χ1n) is 15.2. The van der Waals surface area contributed by atoms with Crippen molar-refractivity contribution in [2.45, 2.75) is 56.0 Å². The number of ether oxygens (including phenoxy) is 1. The predicted octanol–water partition coefficient (Wildman–Crippen LogP) is 5.78. The van der Waals surface area contributed by atoms with Crippen LogP contribution in [0, 0.1) is 5.82 Å². The number of piperidine rings is 1. The number of nitrogens with two attached hydrogens (primary N) is 1. The molecule has 4 N–H and O–H groups in total. The molecule has 2 aromatic carbocycles. The molecule has 11 nitrogen and oxygen atoms in total. The van der Waals surface area contributed by atoms with Gasteiger partial charge in [-0.2, -0.15) is 19.0 Å². The Morgan fingerprint density at radius 3 is 2.62 bits per heavy atom. The summed E-state index contributed by atoms with van der Waals surface area (Å²) in [7, 11) is -3.23. The highest BCUT2D eigenvalue weighted by molar-refractivity contribution is 7.93. The Morgan fingerprint density at radius 1 is 1.13 bits per heavy atom. The van der Waals surface area contributed by atoms with Crippen molar-refractivity contribution in [3.05, 3.63) is 72.4 Å². The number of nitrogens with zero attached hydrogens (tertiary/aromatic N) is 5. The van der Waals surface area contributed by atoms with Gasteiger partial charge in [-0.25, -0.2) is 17.8 Å². The topological polar surface area (TPSA) is 142 Å². The van der Waals surface area contributed by atoms with Crippen LogP contribution in [0.4, 0.5) is 24.7 Å². The maximum atomic E-state index is 13.5. The predicted molar refractivity (Wildman–Crippen MR) is 172 cm³/mol. The second-order valence-corrected chi connectivity index (χ2v) is 13.9. The van der Waals surface area contributed by atoms with Gasteiger partial charge >= 0.3 is 5.76 Å². The zero-order valence-corrected chi connectivity index (χ0v) is 26.4. The molecule has 0 amide bonds. The molecule has 0 bridgehead atoms. The van der Waals surface area contributed by atoms with E-state index in [2.05, 4.69) is 10.3 Å². The zero-order valence-electron chi connectivity index (χ0n) is 25.6. The SMILES string of the molecule is C[C@H](Oc1cc(-c2nn(C)c3c(-c4cnn(C5CCNC6(CC6)C5)c4)cnc(N)c23)ccc1NS(=O)(=O)C(F)F)c1ccc(F)cc1. The highest BCUT2D eigenvalue weighted by atomic mass is 32.2. The molecule has 0 radical (unpaired) electrons. The molecule has 1 unspecified atom stereocenters. The van der Waals surface area contributed by atoms with E-state index in [1.807, 2.05) is 21.8 Å². The summed E-state index contributed by atoms with van der Waals surface area (Å²) in [4.78, 5) is 4.48. The van der Waals surface area contributed by atoms with Gasteiger partial charge in [0.1, 0.15) is 29.2 Å². The second-order valence-electron chi connectivity index (χ2n) is 12.2. The average Bonchev–Trinajstić information content (AvgIpc) is 3.42. The van der Waals surface area contributed by atoms with E-state index in [-0.39, 0.29) is 22.8 Å². The van der Waals surface area contributed by atoms with Gasteiger partial charge in [0, 0.05) is 41.7 Å². The van der Waals surface area contributed by atoms with Crippen LogP contribution in [0.3, 0.4) is 0 Å². The van der Waals surface area contributed by atoms with Crippen LogP contribution in [0.5, 0.6) is 5.75 Å². The molecule has 1 aliphatic heterocycles. The Kier molecular flexibility index (Phi) is 7.62. The molecule has 1 saturated carbocycles. The monoisotopic (exact) mass is 666 g/mol. The van der Waals surface area contributed by atoms with Crippen molar-refractivity contribution in [1.82, 2.24) is 29.9 Å². The van der Waals surface area contributed by atoms with Gasteiger partial charge in [0.15, 0.2) is 0 Å². The quantitative estimate of drug-likeness (QED) is 0.180. The molecule has 47 heavy (non-hydrogen) atoms. The van der Waals surface area contributed by atoms with E-state index in [0.717, 1.165) is 30.5 Å². The number of pyridine rings is 1. The Bertz CT molecular complexity index is 2080. The van der Waals surface area contributed by atoms with Crippen LogP contribution in [0.15, 0.2) is 61.1 Å². The number of rotatable bonds is 9. The van der Waals surface area contributed by atoms with Crippen molar-refractivity contribution >= 4 is 32.4 Å². The number of fused-ring (bicyclic) bond motifs is 1. The molecule has 5 aromatic rings. The molecule has 7 rings (SSSR count).